The maximum atomic E-state index is 8.75. The highest BCUT2D eigenvalue weighted by Gasteiger charge is 2.36. The van der Waals surface area contributed by atoms with Gasteiger partial charge in [-0.05, 0) is 44.2 Å². The van der Waals surface area contributed by atoms with Crippen LogP contribution in [0.5, 0.6) is 0 Å². The molecular formula is C14H23NO2. The summed E-state index contributed by atoms with van der Waals surface area (Å²) in [5, 5.41) is 12.2. The zero-order chi connectivity index (χ0) is 12.3. The second-order valence-corrected chi connectivity index (χ2v) is 5.27. The summed E-state index contributed by atoms with van der Waals surface area (Å²) in [6, 6.07) is 4.62. The standard InChI is InChI=1S/C14H23NO2/c1-10-8-13(10)14-6-5-12(17-14)9-15-11(2)4-3-7-16/h5-6,10-11,13,15-16H,3-4,7-9H2,1-2H3. The van der Waals surface area contributed by atoms with Gasteiger partial charge in [-0.3, -0.25) is 0 Å². The van der Waals surface area contributed by atoms with E-state index in [1.807, 2.05) is 0 Å². The van der Waals surface area contributed by atoms with Crippen LogP contribution in [0.2, 0.25) is 0 Å². The van der Waals surface area contributed by atoms with Crippen molar-refractivity contribution in [2.75, 3.05) is 6.61 Å². The molecule has 3 unspecified atom stereocenters. The Hall–Kier alpha value is -0.800. The molecule has 0 aromatic carbocycles. The molecule has 1 aromatic heterocycles. The average Bonchev–Trinajstić information content (AvgIpc) is 2.88. The maximum absolute atomic E-state index is 8.75. The smallest absolute Gasteiger partial charge is 0.117 e. The van der Waals surface area contributed by atoms with Crippen molar-refractivity contribution in [3.8, 4) is 0 Å². The molecule has 3 heteroatoms. The highest BCUT2D eigenvalue weighted by Crippen LogP contribution is 2.47. The van der Waals surface area contributed by atoms with Gasteiger partial charge in [0.05, 0.1) is 6.54 Å². The Morgan fingerprint density at radius 3 is 2.94 bits per heavy atom. The van der Waals surface area contributed by atoms with Crippen molar-refractivity contribution in [1.82, 2.24) is 5.32 Å². The Kier molecular flexibility index (Phi) is 4.24. The van der Waals surface area contributed by atoms with Crippen LogP contribution in [0.1, 0.15) is 50.5 Å². The van der Waals surface area contributed by atoms with Crippen molar-refractivity contribution < 1.29 is 9.52 Å². The van der Waals surface area contributed by atoms with Gasteiger partial charge in [-0.1, -0.05) is 6.92 Å². The van der Waals surface area contributed by atoms with Crippen LogP contribution in [-0.4, -0.2) is 17.8 Å². The van der Waals surface area contributed by atoms with Crippen LogP contribution in [-0.2, 0) is 6.54 Å². The summed E-state index contributed by atoms with van der Waals surface area (Å²) in [6.45, 7) is 5.47. The van der Waals surface area contributed by atoms with Crippen LogP contribution in [0.3, 0.4) is 0 Å². The van der Waals surface area contributed by atoms with Crippen molar-refractivity contribution in [3.63, 3.8) is 0 Å². The Morgan fingerprint density at radius 2 is 2.29 bits per heavy atom. The molecule has 96 valence electrons. The van der Waals surface area contributed by atoms with Crippen molar-refractivity contribution >= 4 is 0 Å². The summed E-state index contributed by atoms with van der Waals surface area (Å²) in [6.07, 6.45) is 3.13. The average molecular weight is 237 g/mol. The molecule has 1 saturated carbocycles. The van der Waals surface area contributed by atoms with Gasteiger partial charge in [0.2, 0.25) is 0 Å². The van der Waals surface area contributed by atoms with Crippen molar-refractivity contribution in [1.29, 1.82) is 0 Å². The number of aliphatic hydroxyl groups is 1. The number of hydrogen-bond acceptors (Lipinski definition) is 3. The van der Waals surface area contributed by atoms with Gasteiger partial charge in [-0.25, -0.2) is 0 Å². The molecule has 1 aliphatic rings. The Bertz CT molecular complexity index is 348. The van der Waals surface area contributed by atoms with Crippen LogP contribution >= 0.6 is 0 Å². The molecule has 0 saturated heterocycles. The van der Waals surface area contributed by atoms with E-state index in [0.29, 0.717) is 12.0 Å². The molecule has 3 nitrogen and oxygen atoms in total. The van der Waals surface area contributed by atoms with Crippen LogP contribution in [0.25, 0.3) is 0 Å². The fourth-order valence-corrected chi connectivity index (χ4v) is 2.18. The predicted octanol–water partition coefficient (Wildman–Crippen LogP) is 2.65. The van der Waals surface area contributed by atoms with Gasteiger partial charge in [0.1, 0.15) is 11.5 Å². The lowest BCUT2D eigenvalue weighted by Gasteiger charge is -2.11. The van der Waals surface area contributed by atoms with E-state index in [9.17, 15) is 0 Å². The first-order valence-electron chi connectivity index (χ1n) is 6.63. The van der Waals surface area contributed by atoms with Gasteiger partial charge < -0.3 is 14.8 Å². The molecule has 1 fully saturated rings. The minimum atomic E-state index is 0.274. The first kappa shape index (κ1) is 12.7. The second-order valence-electron chi connectivity index (χ2n) is 5.27. The van der Waals surface area contributed by atoms with Crippen molar-refractivity contribution in [2.24, 2.45) is 5.92 Å². The summed E-state index contributed by atoms with van der Waals surface area (Å²) in [5.74, 6) is 3.63. The van der Waals surface area contributed by atoms with Crippen molar-refractivity contribution in [3.05, 3.63) is 23.7 Å². The zero-order valence-corrected chi connectivity index (χ0v) is 10.8. The van der Waals surface area contributed by atoms with E-state index in [0.717, 1.165) is 36.8 Å². The van der Waals surface area contributed by atoms with Crippen LogP contribution in [0, 0.1) is 5.92 Å². The second kappa shape index (κ2) is 5.69. The molecule has 0 bridgehead atoms. The molecule has 1 heterocycles. The molecule has 2 rings (SSSR count). The summed E-state index contributed by atoms with van der Waals surface area (Å²) >= 11 is 0. The monoisotopic (exact) mass is 237 g/mol. The lowest BCUT2D eigenvalue weighted by molar-refractivity contribution is 0.275. The van der Waals surface area contributed by atoms with Gasteiger partial charge >= 0.3 is 0 Å². The third kappa shape index (κ3) is 3.58. The fourth-order valence-electron chi connectivity index (χ4n) is 2.18. The summed E-state index contributed by atoms with van der Waals surface area (Å²) in [5.41, 5.74) is 0. The number of aliphatic hydroxyl groups excluding tert-OH is 1. The molecule has 17 heavy (non-hydrogen) atoms. The summed E-state index contributed by atoms with van der Waals surface area (Å²) in [4.78, 5) is 0. The summed E-state index contributed by atoms with van der Waals surface area (Å²) in [7, 11) is 0. The van der Waals surface area contributed by atoms with Crippen molar-refractivity contribution in [2.45, 2.75) is 51.6 Å². The Morgan fingerprint density at radius 1 is 1.53 bits per heavy atom. The Labute approximate surface area is 103 Å². The number of furan rings is 1. The normalized spacial score (nSPS) is 24.9. The van der Waals surface area contributed by atoms with E-state index in [1.165, 1.54) is 6.42 Å². The van der Waals surface area contributed by atoms with Crippen LogP contribution in [0.4, 0.5) is 0 Å². The van der Waals surface area contributed by atoms with E-state index >= 15 is 0 Å². The third-order valence-electron chi connectivity index (χ3n) is 3.58. The Balaban J connectivity index is 1.73. The zero-order valence-electron chi connectivity index (χ0n) is 10.8. The number of hydrogen-bond donors (Lipinski definition) is 2. The fraction of sp³-hybridized carbons (Fsp3) is 0.714. The minimum Gasteiger partial charge on any atom is -0.464 e. The quantitative estimate of drug-likeness (QED) is 0.766. The van der Waals surface area contributed by atoms with E-state index < -0.39 is 0 Å². The van der Waals surface area contributed by atoms with Gasteiger partial charge in [0, 0.05) is 18.6 Å². The first-order chi connectivity index (χ1) is 8.20. The predicted molar refractivity (Wildman–Crippen MR) is 67.9 cm³/mol. The van der Waals surface area contributed by atoms with Crippen LogP contribution < -0.4 is 5.32 Å². The van der Waals surface area contributed by atoms with Gasteiger partial charge in [0.25, 0.3) is 0 Å². The molecule has 1 aliphatic carbocycles. The van der Waals surface area contributed by atoms with E-state index in [-0.39, 0.29) is 6.61 Å². The first-order valence-corrected chi connectivity index (χ1v) is 6.63. The van der Waals surface area contributed by atoms with Crippen LogP contribution in [0.15, 0.2) is 16.5 Å². The molecule has 3 atom stereocenters. The van der Waals surface area contributed by atoms with Gasteiger partial charge in [0.15, 0.2) is 0 Å². The largest absolute Gasteiger partial charge is 0.464 e. The molecule has 1 aromatic rings. The van der Waals surface area contributed by atoms with E-state index in [1.54, 1.807) is 0 Å². The molecular weight excluding hydrogens is 214 g/mol. The molecule has 0 spiro atoms. The molecule has 0 radical (unpaired) electrons. The third-order valence-corrected chi connectivity index (χ3v) is 3.58. The summed E-state index contributed by atoms with van der Waals surface area (Å²) < 4.78 is 5.82. The van der Waals surface area contributed by atoms with E-state index in [4.69, 9.17) is 9.52 Å². The molecule has 0 aliphatic heterocycles. The number of nitrogens with one attached hydrogen (secondary N) is 1. The lowest BCUT2D eigenvalue weighted by atomic mass is 10.2. The highest BCUT2D eigenvalue weighted by molar-refractivity contribution is 5.17. The highest BCUT2D eigenvalue weighted by atomic mass is 16.3. The van der Waals surface area contributed by atoms with Gasteiger partial charge in [-0.2, -0.15) is 0 Å². The maximum Gasteiger partial charge on any atom is 0.117 e. The number of rotatable bonds is 7. The van der Waals surface area contributed by atoms with E-state index in [2.05, 4.69) is 31.3 Å². The van der Waals surface area contributed by atoms with Gasteiger partial charge in [-0.15, -0.1) is 0 Å². The topological polar surface area (TPSA) is 45.4 Å². The minimum absolute atomic E-state index is 0.274. The SMILES string of the molecule is CC(CCCO)NCc1ccc(C2CC2C)o1. The lowest BCUT2D eigenvalue weighted by Crippen LogP contribution is -2.25. The molecule has 0 amide bonds. The molecule has 2 N–H and O–H groups in total.